The van der Waals surface area contributed by atoms with Crippen LogP contribution in [0.25, 0.3) is 0 Å². The largest absolute Gasteiger partial charge is 0.299 e. The molecule has 0 aromatic heterocycles. The van der Waals surface area contributed by atoms with Crippen LogP contribution in [-0.2, 0) is 4.79 Å². The van der Waals surface area contributed by atoms with Crippen molar-refractivity contribution in [2.75, 3.05) is 0 Å². The van der Waals surface area contributed by atoms with Gasteiger partial charge in [0.2, 0.25) is 0 Å². The summed E-state index contributed by atoms with van der Waals surface area (Å²) in [5.74, 6) is 1.11. The molecule has 0 saturated heterocycles. The smallest absolute Gasteiger partial charge is 0.138 e. The molecule has 12 heavy (non-hydrogen) atoms. The summed E-state index contributed by atoms with van der Waals surface area (Å²) in [6.45, 7) is 4.02. The number of hydrogen-bond donors (Lipinski definition) is 0. The van der Waals surface area contributed by atoms with E-state index >= 15 is 0 Å². The Kier molecular flexibility index (Phi) is 4.00. The number of rotatable bonds is 2. The molecule has 1 aliphatic rings. The van der Waals surface area contributed by atoms with Gasteiger partial charge in [-0.2, -0.15) is 0 Å². The maximum atomic E-state index is 11.6. The van der Waals surface area contributed by atoms with Crippen molar-refractivity contribution < 1.29 is 4.79 Å². The minimum absolute atomic E-state index is 0.237. The van der Waals surface area contributed by atoms with E-state index in [0.29, 0.717) is 11.7 Å². The van der Waals surface area contributed by atoms with Gasteiger partial charge >= 0.3 is 0 Å². The Labute approximate surface area is 88.4 Å². The SMILES string of the molecule is CC(C)C(=O)C1CCC(I)CC1. The number of hydrogen-bond acceptors (Lipinski definition) is 1. The maximum absolute atomic E-state index is 11.6. The lowest BCUT2D eigenvalue weighted by molar-refractivity contribution is -0.126. The van der Waals surface area contributed by atoms with Gasteiger partial charge in [-0.25, -0.2) is 0 Å². The molecule has 0 amide bonds. The molecule has 1 rings (SSSR count). The first-order chi connectivity index (χ1) is 5.61. The second-order valence-corrected chi connectivity index (χ2v) is 5.77. The Hall–Kier alpha value is 0.400. The van der Waals surface area contributed by atoms with Crippen LogP contribution in [0.4, 0.5) is 0 Å². The summed E-state index contributed by atoms with van der Waals surface area (Å²) in [5, 5.41) is 0. The van der Waals surface area contributed by atoms with Gasteiger partial charge in [-0.3, -0.25) is 4.79 Å². The van der Waals surface area contributed by atoms with Crippen molar-refractivity contribution in [3.8, 4) is 0 Å². The van der Waals surface area contributed by atoms with Gasteiger partial charge in [0.05, 0.1) is 0 Å². The van der Waals surface area contributed by atoms with Crippen LogP contribution in [0.2, 0.25) is 0 Å². The first-order valence-electron chi connectivity index (χ1n) is 4.79. The number of Topliss-reactive ketones (excluding diaryl/α,β-unsaturated/α-hetero) is 1. The third-order valence-corrected chi connectivity index (χ3v) is 3.87. The van der Waals surface area contributed by atoms with E-state index in [-0.39, 0.29) is 5.92 Å². The molecule has 0 heterocycles. The third kappa shape index (κ3) is 2.71. The Morgan fingerprint density at radius 3 is 2.17 bits per heavy atom. The van der Waals surface area contributed by atoms with Crippen molar-refractivity contribution in [2.24, 2.45) is 11.8 Å². The van der Waals surface area contributed by atoms with E-state index in [0.717, 1.165) is 16.8 Å². The molecule has 0 atom stereocenters. The van der Waals surface area contributed by atoms with Crippen LogP contribution in [-0.4, -0.2) is 9.71 Å². The van der Waals surface area contributed by atoms with Crippen molar-refractivity contribution in [1.29, 1.82) is 0 Å². The van der Waals surface area contributed by atoms with Gasteiger partial charge < -0.3 is 0 Å². The first-order valence-corrected chi connectivity index (χ1v) is 6.03. The molecule has 0 bridgehead atoms. The molecule has 70 valence electrons. The Morgan fingerprint density at radius 1 is 1.25 bits per heavy atom. The molecule has 2 heteroatoms. The summed E-state index contributed by atoms with van der Waals surface area (Å²) in [5.41, 5.74) is 0. The highest BCUT2D eigenvalue weighted by Crippen LogP contribution is 2.30. The molecule has 0 spiro atoms. The Balaban J connectivity index is 2.39. The van der Waals surface area contributed by atoms with Crippen LogP contribution in [0, 0.1) is 11.8 Å². The van der Waals surface area contributed by atoms with Gasteiger partial charge in [0.25, 0.3) is 0 Å². The number of halogens is 1. The number of carbonyl (C=O) groups excluding carboxylic acids is 1. The highest BCUT2D eigenvalue weighted by Gasteiger charge is 2.25. The van der Waals surface area contributed by atoms with Gasteiger partial charge in [-0.15, -0.1) is 0 Å². The molecule has 0 unspecified atom stereocenters. The monoisotopic (exact) mass is 280 g/mol. The van der Waals surface area contributed by atoms with Gasteiger partial charge in [0.1, 0.15) is 5.78 Å². The van der Waals surface area contributed by atoms with E-state index in [1.165, 1.54) is 12.8 Å². The van der Waals surface area contributed by atoms with E-state index in [1.54, 1.807) is 0 Å². The van der Waals surface area contributed by atoms with Crippen molar-refractivity contribution in [3.05, 3.63) is 0 Å². The molecule has 1 aliphatic carbocycles. The summed E-state index contributed by atoms with van der Waals surface area (Å²) >= 11 is 2.50. The molecule has 1 fully saturated rings. The molecule has 0 N–H and O–H groups in total. The summed E-state index contributed by atoms with van der Waals surface area (Å²) in [6, 6.07) is 0. The number of alkyl halides is 1. The van der Waals surface area contributed by atoms with Crippen LogP contribution < -0.4 is 0 Å². The molecular formula is C10H17IO. The van der Waals surface area contributed by atoms with Crippen LogP contribution in [0.1, 0.15) is 39.5 Å². The summed E-state index contributed by atoms with van der Waals surface area (Å²) in [4.78, 5) is 11.6. The molecular weight excluding hydrogens is 263 g/mol. The number of carbonyl (C=O) groups is 1. The first kappa shape index (κ1) is 10.5. The van der Waals surface area contributed by atoms with Gasteiger partial charge in [-0.05, 0) is 25.7 Å². The highest BCUT2D eigenvalue weighted by atomic mass is 127. The van der Waals surface area contributed by atoms with Crippen molar-refractivity contribution in [1.82, 2.24) is 0 Å². The molecule has 1 nitrogen and oxygen atoms in total. The summed E-state index contributed by atoms with van der Waals surface area (Å²) < 4.78 is 0.818. The quantitative estimate of drug-likeness (QED) is 0.560. The summed E-state index contributed by atoms with van der Waals surface area (Å²) in [6.07, 6.45) is 4.74. The van der Waals surface area contributed by atoms with Crippen molar-refractivity contribution in [2.45, 2.75) is 43.5 Å². The lowest BCUT2D eigenvalue weighted by Gasteiger charge is -2.25. The zero-order chi connectivity index (χ0) is 9.14. The summed E-state index contributed by atoms with van der Waals surface area (Å²) in [7, 11) is 0. The van der Waals surface area contributed by atoms with Gasteiger partial charge in [0, 0.05) is 15.8 Å². The lowest BCUT2D eigenvalue weighted by Crippen LogP contribution is -2.25. The normalized spacial score (nSPS) is 30.7. The predicted octanol–water partition coefficient (Wildman–Crippen LogP) is 3.21. The average Bonchev–Trinajstić information content (AvgIpc) is 2.04. The fourth-order valence-corrected chi connectivity index (χ4v) is 2.53. The van der Waals surface area contributed by atoms with Crippen LogP contribution in [0.3, 0.4) is 0 Å². The Bertz CT molecular complexity index is 157. The second-order valence-electron chi connectivity index (χ2n) is 4.01. The molecule has 0 aliphatic heterocycles. The zero-order valence-electron chi connectivity index (χ0n) is 7.85. The second kappa shape index (κ2) is 4.58. The third-order valence-electron chi connectivity index (χ3n) is 2.63. The van der Waals surface area contributed by atoms with Gasteiger partial charge in [-0.1, -0.05) is 36.4 Å². The fourth-order valence-electron chi connectivity index (χ4n) is 1.81. The van der Waals surface area contributed by atoms with Crippen molar-refractivity contribution in [3.63, 3.8) is 0 Å². The lowest BCUT2D eigenvalue weighted by atomic mass is 9.83. The average molecular weight is 280 g/mol. The van der Waals surface area contributed by atoms with E-state index in [1.807, 2.05) is 13.8 Å². The molecule has 0 radical (unpaired) electrons. The Morgan fingerprint density at radius 2 is 1.75 bits per heavy atom. The van der Waals surface area contributed by atoms with E-state index in [9.17, 15) is 4.79 Å². The standard InChI is InChI=1S/C10H17IO/c1-7(2)10(12)8-3-5-9(11)6-4-8/h7-9H,3-6H2,1-2H3. The predicted molar refractivity (Wildman–Crippen MR) is 59.6 cm³/mol. The minimum atomic E-state index is 0.237. The highest BCUT2D eigenvalue weighted by molar-refractivity contribution is 14.1. The molecule has 0 aromatic rings. The van der Waals surface area contributed by atoms with Crippen LogP contribution in [0.15, 0.2) is 0 Å². The maximum Gasteiger partial charge on any atom is 0.138 e. The zero-order valence-corrected chi connectivity index (χ0v) is 10.0. The van der Waals surface area contributed by atoms with Crippen LogP contribution in [0.5, 0.6) is 0 Å². The van der Waals surface area contributed by atoms with Crippen LogP contribution >= 0.6 is 22.6 Å². The van der Waals surface area contributed by atoms with Gasteiger partial charge in [0.15, 0.2) is 0 Å². The molecule has 1 saturated carbocycles. The minimum Gasteiger partial charge on any atom is -0.299 e. The van der Waals surface area contributed by atoms with Crippen molar-refractivity contribution >= 4 is 28.4 Å². The topological polar surface area (TPSA) is 17.1 Å². The van der Waals surface area contributed by atoms with E-state index in [4.69, 9.17) is 0 Å². The molecule has 0 aromatic carbocycles. The number of ketones is 1. The van der Waals surface area contributed by atoms with E-state index in [2.05, 4.69) is 22.6 Å². The fraction of sp³-hybridized carbons (Fsp3) is 0.900. The van der Waals surface area contributed by atoms with E-state index < -0.39 is 0 Å².